The van der Waals surface area contributed by atoms with Gasteiger partial charge in [0.2, 0.25) is 5.95 Å². The highest BCUT2D eigenvalue weighted by molar-refractivity contribution is 5.45. The molecule has 3 N–H and O–H groups in total. The molecule has 1 saturated heterocycles. The Hall–Kier alpha value is -1.40. The van der Waals surface area contributed by atoms with E-state index in [4.69, 9.17) is 5.73 Å². The first kappa shape index (κ1) is 16.1. The summed E-state index contributed by atoms with van der Waals surface area (Å²) >= 11 is 0. The first-order chi connectivity index (χ1) is 11.7. The molecule has 2 heterocycles. The van der Waals surface area contributed by atoms with Crippen LogP contribution in [0.2, 0.25) is 0 Å². The Morgan fingerprint density at radius 3 is 2.54 bits per heavy atom. The van der Waals surface area contributed by atoms with Gasteiger partial charge < -0.3 is 15.7 Å². The summed E-state index contributed by atoms with van der Waals surface area (Å²) in [5.74, 6) is 1.67. The molecule has 2 aliphatic carbocycles. The summed E-state index contributed by atoms with van der Waals surface area (Å²) in [7, 11) is 0. The maximum absolute atomic E-state index is 9.55. The Bertz CT molecular complexity index is 569. The highest BCUT2D eigenvalue weighted by Gasteiger charge is 2.31. The van der Waals surface area contributed by atoms with Gasteiger partial charge in [0, 0.05) is 44.2 Å². The zero-order valence-electron chi connectivity index (χ0n) is 14.4. The van der Waals surface area contributed by atoms with Gasteiger partial charge in [0.1, 0.15) is 5.82 Å². The number of aromatic nitrogens is 2. The summed E-state index contributed by atoms with van der Waals surface area (Å²) in [5.41, 5.74) is 6.96. The minimum absolute atomic E-state index is 0.173. The topological polar surface area (TPSA) is 78.5 Å². The maximum Gasteiger partial charge on any atom is 0.222 e. The van der Waals surface area contributed by atoms with E-state index >= 15 is 0 Å². The van der Waals surface area contributed by atoms with Crippen molar-refractivity contribution < 1.29 is 5.11 Å². The summed E-state index contributed by atoms with van der Waals surface area (Å²) in [4.78, 5) is 13.9. The van der Waals surface area contributed by atoms with Crippen LogP contribution < -0.4 is 10.6 Å². The minimum Gasteiger partial charge on any atom is -0.393 e. The van der Waals surface area contributed by atoms with Crippen LogP contribution in [0.25, 0.3) is 0 Å². The molecule has 0 radical (unpaired) electrons. The van der Waals surface area contributed by atoms with Gasteiger partial charge in [0.15, 0.2) is 0 Å². The van der Waals surface area contributed by atoms with Crippen molar-refractivity contribution in [1.82, 2.24) is 14.9 Å². The Morgan fingerprint density at radius 1 is 1.00 bits per heavy atom. The number of aliphatic hydroxyl groups excluding tert-OH is 1. The fraction of sp³-hybridized carbons (Fsp3) is 0.778. The van der Waals surface area contributed by atoms with Crippen LogP contribution in [-0.4, -0.2) is 58.3 Å². The van der Waals surface area contributed by atoms with Crippen LogP contribution in [0.3, 0.4) is 0 Å². The lowest BCUT2D eigenvalue weighted by atomic mass is 9.80. The number of hydrogen-bond donors (Lipinski definition) is 2. The quantitative estimate of drug-likeness (QED) is 0.878. The van der Waals surface area contributed by atoms with Gasteiger partial charge in [-0.05, 0) is 32.1 Å². The van der Waals surface area contributed by atoms with Crippen LogP contribution in [0.1, 0.15) is 56.6 Å². The number of nitrogens with zero attached hydrogens (tertiary/aromatic N) is 4. The molecule has 0 aromatic carbocycles. The Balaban J connectivity index is 1.45. The predicted molar refractivity (Wildman–Crippen MR) is 95.1 cm³/mol. The molecule has 0 bridgehead atoms. The molecular formula is C18H29N5O. The van der Waals surface area contributed by atoms with Gasteiger partial charge >= 0.3 is 0 Å². The average molecular weight is 331 g/mol. The molecule has 0 atom stereocenters. The van der Waals surface area contributed by atoms with Crippen LogP contribution in [0, 0.1) is 0 Å². The number of nitrogens with two attached hydrogens (primary N) is 1. The third kappa shape index (κ3) is 3.35. The number of aliphatic hydroxyl groups is 1. The number of nitrogen functional groups attached to an aromatic ring is 1. The van der Waals surface area contributed by atoms with Crippen molar-refractivity contribution in [2.45, 2.75) is 63.0 Å². The Kier molecular flexibility index (Phi) is 4.59. The summed E-state index contributed by atoms with van der Waals surface area (Å²) in [6.07, 6.45) is 8.12. The molecular weight excluding hydrogens is 302 g/mol. The van der Waals surface area contributed by atoms with E-state index in [1.807, 2.05) is 0 Å². The van der Waals surface area contributed by atoms with Gasteiger partial charge in [0.25, 0.3) is 0 Å². The van der Waals surface area contributed by atoms with Crippen molar-refractivity contribution in [2.75, 3.05) is 36.8 Å². The monoisotopic (exact) mass is 331 g/mol. The second-order valence-electron chi connectivity index (χ2n) is 7.65. The Morgan fingerprint density at radius 2 is 1.79 bits per heavy atom. The maximum atomic E-state index is 9.55. The van der Waals surface area contributed by atoms with Gasteiger partial charge in [-0.25, -0.2) is 4.98 Å². The number of hydrogen-bond acceptors (Lipinski definition) is 6. The summed E-state index contributed by atoms with van der Waals surface area (Å²) < 4.78 is 0. The van der Waals surface area contributed by atoms with Crippen molar-refractivity contribution in [3.05, 3.63) is 11.8 Å². The zero-order valence-corrected chi connectivity index (χ0v) is 14.4. The van der Waals surface area contributed by atoms with E-state index in [2.05, 4.69) is 25.8 Å². The van der Waals surface area contributed by atoms with E-state index in [9.17, 15) is 5.11 Å². The summed E-state index contributed by atoms with van der Waals surface area (Å²) in [6, 6.07) is 2.89. The average Bonchev–Trinajstić information content (AvgIpc) is 2.96. The van der Waals surface area contributed by atoms with E-state index in [0.717, 1.165) is 50.0 Å². The molecule has 0 unspecified atom stereocenters. The summed E-state index contributed by atoms with van der Waals surface area (Å²) in [6.45, 7) is 4.36. The van der Waals surface area contributed by atoms with Crippen LogP contribution in [0.15, 0.2) is 6.07 Å². The fourth-order valence-corrected chi connectivity index (χ4v) is 4.47. The molecule has 3 aliphatic rings. The standard InChI is InChI=1S/C18H29N5O/c19-18-20-16(13-10-15(24)11-13)12-17(21-18)23-7-3-6-22(8-9-23)14-4-1-2-5-14/h12-15,24H,1-11H2,(H2,19,20,21). The fourth-order valence-electron chi connectivity index (χ4n) is 4.47. The number of rotatable bonds is 3. The molecule has 3 fully saturated rings. The second kappa shape index (κ2) is 6.84. The van der Waals surface area contributed by atoms with E-state index in [0.29, 0.717) is 11.9 Å². The van der Waals surface area contributed by atoms with Gasteiger partial charge in [-0.1, -0.05) is 12.8 Å². The van der Waals surface area contributed by atoms with Crippen LogP contribution in [-0.2, 0) is 0 Å². The minimum atomic E-state index is -0.173. The van der Waals surface area contributed by atoms with E-state index in [1.165, 1.54) is 38.6 Å². The van der Waals surface area contributed by atoms with E-state index in [-0.39, 0.29) is 6.10 Å². The van der Waals surface area contributed by atoms with Crippen molar-refractivity contribution in [2.24, 2.45) is 0 Å². The zero-order chi connectivity index (χ0) is 16.5. The lowest BCUT2D eigenvalue weighted by Crippen LogP contribution is -2.37. The van der Waals surface area contributed by atoms with Crippen LogP contribution in [0.5, 0.6) is 0 Å². The molecule has 2 saturated carbocycles. The highest BCUT2D eigenvalue weighted by atomic mass is 16.3. The van der Waals surface area contributed by atoms with Crippen molar-refractivity contribution in [3.8, 4) is 0 Å². The van der Waals surface area contributed by atoms with Gasteiger partial charge in [-0.2, -0.15) is 4.98 Å². The third-order valence-electron chi connectivity index (χ3n) is 5.98. The smallest absolute Gasteiger partial charge is 0.222 e. The van der Waals surface area contributed by atoms with Crippen molar-refractivity contribution in [1.29, 1.82) is 0 Å². The molecule has 24 heavy (non-hydrogen) atoms. The highest BCUT2D eigenvalue weighted by Crippen LogP contribution is 2.37. The molecule has 1 aromatic heterocycles. The lowest BCUT2D eigenvalue weighted by Gasteiger charge is -2.32. The summed E-state index contributed by atoms with van der Waals surface area (Å²) in [5, 5.41) is 9.55. The van der Waals surface area contributed by atoms with Crippen molar-refractivity contribution in [3.63, 3.8) is 0 Å². The normalized spacial score (nSPS) is 29.5. The van der Waals surface area contributed by atoms with Gasteiger partial charge in [-0.3, -0.25) is 4.90 Å². The molecule has 6 heteroatoms. The lowest BCUT2D eigenvalue weighted by molar-refractivity contribution is 0.0732. The SMILES string of the molecule is Nc1nc(C2CC(O)C2)cc(N2CCCN(C3CCCC3)CC2)n1. The third-order valence-corrected chi connectivity index (χ3v) is 5.98. The molecule has 1 aliphatic heterocycles. The largest absolute Gasteiger partial charge is 0.393 e. The first-order valence-electron chi connectivity index (χ1n) is 9.50. The van der Waals surface area contributed by atoms with Gasteiger partial charge in [0.05, 0.1) is 11.8 Å². The first-order valence-corrected chi connectivity index (χ1v) is 9.50. The second-order valence-corrected chi connectivity index (χ2v) is 7.65. The molecule has 132 valence electrons. The Labute approximate surface area is 144 Å². The number of anilines is 2. The van der Waals surface area contributed by atoms with Crippen molar-refractivity contribution >= 4 is 11.8 Å². The molecule has 6 nitrogen and oxygen atoms in total. The van der Waals surface area contributed by atoms with Gasteiger partial charge in [-0.15, -0.1) is 0 Å². The predicted octanol–water partition coefficient (Wildman–Crippen LogP) is 1.75. The van der Waals surface area contributed by atoms with E-state index < -0.39 is 0 Å². The van der Waals surface area contributed by atoms with E-state index in [1.54, 1.807) is 0 Å². The molecule has 0 amide bonds. The molecule has 4 rings (SSSR count). The molecule has 1 aromatic rings. The van der Waals surface area contributed by atoms with Crippen LogP contribution in [0.4, 0.5) is 11.8 Å². The van der Waals surface area contributed by atoms with Crippen LogP contribution >= 0.6 is 0 Å². The molecule has 0 spiro atoms.